The first kappa shape index (κ1) is 17.2. The first-order valence-corrected chi connectivity index (χ1v) is 9.50. The van der Waals surface area contributed by atoms with Crippen molar-refractivity contribution in [2.45, 2.75) is 32.2 Å². The van der Waals surface area contributed by atoms with Gasteiger partial charge in [0.05, 0.1) is 11.0 Å². The molecule has 3 aromatic rings. The third-order valence-corrected chi connectivity index (χ3v) is 5.82. The molecule has 1 unspecified atom stereocenters. The molecule has 0 N–H and O–H groups in total. The summed E-state index contributed by atoms with van der Waals surface area (Å²) in [5.74, 6) is 2.04. The van der Waals surface area contributed by atoms with Gasteiger partial charge in [-0.2, -0.15) is 0 Å². The van der Waals surface area contributed by atoms with E-state index < -0.39 is 0 Å². The quantitative estimate of drug-likeness (QED) is 0.681. The van der Waals surface area contributed by atoms with Gasteiger partial charge in [-0.15, -0.1) is 0 Å². The van der Waals surface area contributed by atoms with E-state index in [0.717, 1.165) is 42.1 Å². The zero-order chi connectivity index (χ0) is 18.1. The Morgan fingerprint density at radius 1 is 1.08 bits per heavy atom. The molecule has 1 atom stereocenters. The number of halogens is 1. The number of likely N-dealkylation sites (tertiary alicyclic amines) is 1. The number of benzene rings is 2. The van der Waals surface area contributed by atoms with Crippen LogP contribution in [0.4, 0.5) is 4.39 Å². The molecule has 3 nitrogen and oxygen atoms in total. The van der Waals surface area contributed by atoms with Gasteiger partial charge in [-0.25, -0.2) is 9.37 Å². The summed E-state index contributed by atoms with van der Waals surface area (Å²) < 4.78 is 15.6. The molecule has 26 heavy (non-hydrogen) atoms. The van der Waals surface area contributed by atoms with Crippen LogP contribution in [0.2, 0.25) is 0 Å². The molecule has 4 heteroatoms. The number of aromatic nitrogens is 2. The van der Waals surface area contributed by atoms with E-state index in [2.05, 4.69) is 41.6 Å². The van der Waals surface area contributed by atoms with E-state index in [9.17, 15) is 4.39 Å². The normalized spacial score (nSPS) is 17.7. The minimum absolute atomic E-state index is 0.191. The molecule has 4 rings (SSSR count). The second-order valence-corrected chi connectivity index (χ2v) is 7.60. The van der Waals surface area contributed by atoms with Crippen molar-refractivity contribution in [3.63, 3.8) is 0 Å². The number of nitrogens with zero attached hydrogens (tertiary/aromatic N) is 3. The second kappa shape index (κ2) is 7.20. The fourth-order valence-corrected chi connectivity index (χ4v) is 4.12. The Hall–Kier alpha value is -2.20. The fraction of sp³-hybridized carbons (Fsp3) is 0.409. The van der Waals surface area contributed by atoms with Gasteiger partial charge in [0.2, 0.25) is 0 Å². The van der Waals surface area contributed by atoms with Crippen LogP contribution in [0.3, 0.4) is 0 Å². The predicted octanol–water partition coefficient (Wildman–Crippen LogP) is 4.67. The number of para-hydroxylation sites is 2. The van der Waals surface area contributed by atoms with Gasteiger partial charge in [0.1, 0.15) is 11.6 Å². The highest BCUT2D eigenvalue weighted by Gasteiger charge is 2.27. The molecular weight excluding hydrogens is 325 g/mol. The van der Waals surface area contributed by atoms with E-state index in [0.29, 0.717) is 11.8 Å². The van der Waals surface area contributed by atoms with Crippen LogP contribution in [0.25, 0.3) is 11.0 Å². The van der Waals surface area contributed by atoms with E-state index in [-0.39, 0.29) is 5.82 Å². The molecule has 0 saturated carbocycles. The number of rotatable bonds is 4. The van der Waals surface area contributed by atoms with Gasteiger partial charge >= 0.3 is 0 Å². The lowest BCUT2D eigenvalue weighted by atomic mass is 9.85. The summed E-state index contributed by atoms with van der Waals surface area (Å²) in [6.45, 7) is 5.37. The van der Waals surface area contributed by atoms with Crippen molar-refractivity contribution in [3.05, 3.63) is 65.7 Å². The van der Waals surface area contributed by atoms with Gasteiger partial charge in [0.25, 0.3) is 0 Å². The Labute approximate surface area is 154 Å². The van der Waals surface area contributed by atoms with Gasteiger partial charge < -0.3 is 9.47 Å². The molecule has 1 saturated heterocycles. The summed E-state index contributed by atoms with van der Waals surface area (Å²) >= 11 is 0. The molecule has 1 aromatic heterocycles. The third-order valence-electron chi connectivity index (χ3n) is 5.82. The third kappa shape index (κ3) is 3.38. The lowest BCUT2D eigenvalue weighted by Gasteiger charge is -2.32. The number of hydrogen-bond donors (Lipinski definition) is 0. The van der Waals surface area contributed by atoms with Crippen molar-refractivity contribution in [1.29, 1.82) is 0 Å². The van der Waals surface area contributed by atoms with Crippen molar-refractivity contribution in [3.8, 4) is 0 Å². The molecule has 0 amide bonds. The maximum Gasteiger partial charge on any atom is 0.123 e. The Bertz CT molecular complexity index is 876. The summed E-state index contributed by atoms with van der Waals surface area (Å²) in [5.41, 5.74) is 3.31. The average Bonchev–Trinajstić information content (AvgIpc) is 3.02. The molecule has 1 aliphatic rings. The van der Waals surface area contributed by atoms with Gasteiger partial charge in [0, 0.05) is 12.5 Å². The van der Waals surface area contributed by atoms with Gasteiger partial charge in [-0.1, -0.05) is 31.2 Å². The Balaban J connectivity index is 1.70. The van der Waals surface area contributed by atoms with Crippen LogP contribution < -0.4 is 0 Å². The second-order valence-electron chi connectivity index (χ2n) is 7.60. The molecule has 0 aliphatic carbocycles. The molecule has 1 aliphatic heterocycles. The van der Waals surface area contributed by atoms with E-state index in [1.54, 1.807) is 0 Å². The summed E-state index contributed by atoms with van der Waals surface area (Å²) in [4.78, 5) is 7.40. The van der Waals surface area contributed by atoms with Crippen molar-refractivity contribution in [2.24, 2.45) is 5.92 Å². The van der Waals surface area contributed by atoms with E-state index >= 15 is 0 Å². The highest BCUT2D eigenvalue weighted by atomic mass is 19.1. The highest BCUT2D eigenvalue weighted by molar-refractivity contribution is 5.76. The molecular formula is C22H26FN3. The Kier molecular flexibility index (Phi) is 4.77. The lowest BCUT2D eigenvalue weighted by Crippen LogP contribution is -2.32. The molecule has 1 fully saturated rings. The van der Waals surface area contributed by atoms with Gasteiger partial charge in [-0.3, -0.25) is 0 Å². The zero-order valence-electron chi connectivity index (χ0n) is 15.5. The highest BCUT2D eigenvalue weighted by Crippen LogP contribution is 2.33. The van der Waals surface area contributed by atoms with Gasteiger partial charge in [-0.05, 0) is 68.7 Å². The first-order chi connectivity index (χ1) is 12.6. The predicted molar refractivity (Wildman–Crippen MR) is 104 cm³/mol. The molecule has 0 spiro atoms. The molecule has 136 valence electrons. The number of imidazole rings is 1. The minimum atomic E-state index is -0.191. The van der Waals surface area contributed by atoms with E-state index in [1.165, 1.54) is 25.0 Å². The maximum atomic E-state index is 13.3. The zero-order valence-corrected chi connectivity index (χ0v) is 15.5. The van der Waals surface area contributed by atoms with Crippen LogP contribution in [0.1, 0.15) is 37.1 Å². The summed E-state index contributed by atoms with van der Waals surface area (Å²) in [7, 11) is 2.20. The molecule has 0 radical (unpaired) electrons. The van der Waals surface area contributed by atoms with Crippen LogP contribution in [0.5, 0.6) is 0 Å². The fourth-order valence-electron chi connectivity index (χ4n) is 4.12. The van der Waals surface area contributed by atoms with Crippen molar-refractivity contribution in [1.82, 2.24) is 14.5 Å². The lowest BCUT2D eigenvalue weighted by molar-refractivity contribution is 0.199. The van der Waals surface area contributed by atoms with Crippen molar-refractivity contribution in [2.75, 3.05) is 20.1 Å². The van der Waals surface area contributed by atoms with E-state index in [1.807, 2.05) is 18.2 Å². The molecule has 2 heterocycles. The van der Waals surface area contributed by atoms with Crippen LogP contribution in [-0.2, 0) is 6.54 Å². The summed E-state index contributed by atoms with van der Waals surface area (Å²) in [6.07, 6.45) is 2.44. The van der Waals surface area contributed by atoms with Crippen LogP contribution >= 0.6 is 0 Å². The Morgan fingerprint density at radius 3 is 2.50 bits per heavy atom. The Morgan fingerprint density at radius 2 is 1.77 bits per heavy atom. The van der Waals surface area contributed by atoms with Crippen LogP contribution in [0.15, 0.2) is 48.5 Å². The smallest absolute Gasteiger partial charge is 0.123 e. The maximum absolute atomic E-state index is 13.3. The number of piperidine rings is 1. The number of hydrogen-bond acceptors (Lipinski definition) is 2. The average molecular weight is 351 g/mol. The van der Waals surface area contributed by atoms with Crippen molar-refractivity contribution >= 4 is 11.0 Å². The van der Waals surface area contributed by atoms with E-state index in [4.69, 9.17) is 4.98 Å². The monoisotopic (exact) mass is 351 g/mol. The standard InChI is InChI=1S/C22H26FN3/c1-16(18-11-13-25(2)14-12-18)22-24-20-5-3-4-6-21(20)26(22)15-17-7-9-19(23)10-8-17/h3-10,16,18H,11-15H2,1-2H3. The topological polar surface area (TPSA) is 21.1 Å². The molecule has 0 bridgehead atoms. The van der Waals surface area contributed by atoms with Crippen molar-refractivity contribution < 1.29 is 4.39 Å². The number of fused-ring (bicyclic) bond motifs is 1. The van der Waals surface area contributed by atoms with Crippen LogP contribution in [0, 0.1) is 11.7 Å². The summed E-state index contributed by atoms with van der Waals surface area (Å²) in [6, 6.07) is 15.1. The van der Waals surface area contributed by atoms with Crippen LogP contribution in [-0.4, -0.2) is 34.6 Å². The molecule has 2 aromatic carbocycles. The minimum Gasteiger partial charge on any atom is -0.323 e. The SMILES string of the molecule is CC(c1nc2ccccc2n1Cc1ccc(F)cc1)C1CCN(C)CC1. The first-order valence-electron chi connectivity index (χ1n) is 9.50. The van der Waals surface area contributed by atoms with Gasteiger partial charge in [0.15, 0.2) is 0 Å². The largest absolute Gasteiger partial charge is 0.323 e. The summed E-state index contributed by atoms with van der Waals surface area (Å²) in [5, 5.41) is 0.